The van der Waals surface area contributed by atoms with Gasteiger partial charge in [-0.1, -0.05) is 25.3 Å². The van der Waals surface area contributed by atoms with Crippen LogP contribution in [0.25, 0.3) is 0 Å². The molecule has 0 aliphatic rings. The van der Waals surface area contributed by atoms with E-state index in [0.717, 1.165) is 10.7 Å². The molecule has 0 saturated carbocycles. The summed E-state index contributed by atoms with van der Waals surface area (Å²) in [4.78, 5) is 4.55. The van der Waals surface area contributed by atoms with Gasteiger partial charge in [0.05, 0.1) is 10.7 Å². The molecule has 0 fully saturated rings. The minimum absolute atomic E-state index is 0.0574. The fourth-order valence-electron chi connectivity index (χ4n) is 1.34. The summed E-state index contributed by atoms with van der Waals surface area (Å²) >= 11 is 2.84. The summed E-state index contributed by atoms with van der Waals surface area (Å²) < 4.78 is 3.74. The van der Waals surface area contributed by atoms with Crippen molar-refractivity contribution in [1.29, 1.82) is 0 Å². The number of rotatable bonds is 3. The Balaban J connectivity index is 2.07. The molecule has 1 N–H and O–H groups in total. The van der Waals surface area contributed by atoms with Crippen LogP contribution < -0.4 is 0 Å². The maximum atomic E-state index is 9.95. The summed E-state index contributed by atoms with van der Waals surface area (Å²) in [5.74, 6) is 0. The van der Waals surface area contributed by atoms with Gasteiger partial charge in [0.2, 0.25) is 0 Å². The summed E-state index contributed by atoms with van der Waals surface area (Å²) in [6, 6.07) is 0. The molecule has 2 heterocycles. The molecule has 2 aromatic rings. The van der Waals surface area contributed by atoms with Gasteiger partial charge in [0.25, 0.3) is 0 Å². The number of aromatic nitrogens is 3. The molecule has 0 radical (unpaired) electrons. The second-order valence-electron chi connectivity index (χ2n) is 4.93. The van der Waals surface area contributed by atoms with E-state index in [0.29, 0.717) is 12.1 Å². The van der Waals surface area contributed by atoms with E-state index in [-0.39, 0.29) is 5.41 Å². The van der Waals surface area contributed by atoms with Crippen LogP contribution in [-0.2, 0) is 11.8 Å². The Morgan fingerprint density at radius 3 is 2.65 bits per heavy atom. The summed E-state index contributed by atoms with van der Waals surface area (Å²) in [7, 11) is 0. The maximum absolute atomic E-state index is 9.95. The standard InChI is InChI=1S/C11H15N3OS2/c1-11(2,3)9-6-16-10(12-9)4-8(15)7-5-17-14-13-7/h5-6,8,15H,4H2,1-3H3. The molecule has 6 heteroatoms. The Bertz CT molecular complexity index is 473. The molecular formula is C11H15N3OS2. The highest BCUT2D eigenvalue weighted by Gasteiger charge is 2.19. The normalized spacial score (nSPS) is 13.9. The number of hydrogen-bond donors (Lipinski definition) is 1. The average molecular weight is 269 g/mol. The van der Waals surface area contributed by atoms with Gasteiger partial charge in [0.15, 0.2) is 0 Å². The fourth-order valence-corrected chi connectivity index (χ4v) is 2.90. The second-order valence-corrected chi connectivity index (χ2v) is 6.48. The molecule has 2 rings (SSSR count). The van der Waals surface area contributed by atoms with Crippen LogP contribution >= 0.6 is 22.9 Å². The summed E-state index contributed by atoms with van der Waals surface area (Å²) in [5, 5.41) is 18.6. The number of aliphatic hydroxyl groups excluding tert-OH is 1. The molecule has 0 amide bonds. The zero-order valence-electron chi connectivity index (χ0n) is 10.0. The fraction of sp³-hybridized carbons (Fsp3) is 0.545. The van der Waals surface area contributed by atoms with E-state index < -0.39 is 6.10 Å². The van der Waals surface area contributed by atoms with Gasteiger partial charge in [-0.2, -0.15) is 0 Å². The average Bonchev–Trinajstić information content (AvgIpc) is 2.85. The molecule has 0 aliphatic heterocycles. The molecule has 0 spiro atoms. The molecule has 0 bridgehead atoms. The van der Waals surface area contributed by atoms with Gasteiger partial charge >= 0.3 is 0 Å². The Hall–Kier alpha value is -0.850. The number of thiazole rings is 1. The molecule has 0 aromatic carbocycles. The van der Waals surface area contributed by atoms with Crippen LogP contribution in [0.3, 0.4) is 0 Å². The van der Waals surface area contributed by atoms with Crippen molar-refractivity contribution in [2.24, 2.45) is 0 Å². The molecule has 17 heavy (non-hydrogen) atoms. The Morgan fingerprint density at radius 2 is 2.12 bits per heavy atom. The Labute approximate surface area is 109 Å². The van der Waals surface area contributed by atoms with E-state index in [1.54, 1.807) is 16.7 Å². The maximum Gasteiger partial charge on any atom is 0.105 e. The van der Waals surface area contributed by atoms with Crippen LogP contribution in [0.1, 0.15) is 43.3 Å². The van der Waals surface area contributed by atoms with Crippen LogP contribution in [0.2, 0.25) is 0 Å². The first-order chi connectivity index (χ1) is 7.97. The monoisotopic (exact) mass is 269 g/mol. The number of aliphatic hydroxyl groups is 1. The van der Waals surface area contributed by atoms with Crippen molar-refractivity contribution in [2.45, 2.75) is 38.7 Å². The van der Waals surface area contributed by atoms with Gasteiger partial charge in [-0.3, -0.25) is 0 Å². The molecular weight excluding hydrogens is 254 g/mol. The van der Waals surface area contributed by atoms with Crippen molar-refractivity contribution < 1.29 is 5.11 Å². The smallest absolute Gasteiger partial charge is 0.105 e. The van der Waals surface area contributed by atoms with Gasteiger partial charge in [-0.15, -0.1) is 16.4 Å². The van der Waals surface area contributed by atoms with Gasteiger partial charge in [0.1, 0.15) is 11.8 Å². The largest absolute Gasteiger partial charge is 0.386 e. The molecule has 1 unspecified atom stereocenters. The lowest BCUT2D eigenvalue weighted by Crippen LogP contribution is -2.12. The minimum atomic E-state index is -0.604. The molecule has 1 atom stereocenters. The zero-order valence-corrected chi connectivity index (χ0v) is 11.7. The highest BCUT2D eigenvalue weighted by Crippen LogP contribution is 2.26. The van der Waals surface area contributed by atoms with E-state index in [9.17, 15) is 5.11 Å². The lowest BCUT2D eigenvalue weighted by molar-refractivity contribution is 0.173. The van der Waals surface area contributed by atoms with Crippen molar-refractivity contribution in [1.82, 2.24) is 14.6 Å². The zero-order chi connectivity index (χ0) is 12.5. The van der Waals surface area contributed by atoms with Crippen LogP contribution in [-0.4, -0.2) is 19.7 Å². The first-order valence-corrected chi connectivity index (χ1v) is 7.08. The van der Waals surface area contributed by atoms with Crippen molar-refractivity contribution in [2.75, 3.05) is 0 Å². The molecule has 92 valence electrons. The highest BCUT2D eigenvalue weighted by atomic mass is 32.1. The van der Waals surface area contributed by atoms with Gasteiger partial charge in [0, 0.05) is 22.6 Å². The van der Waals surface area contributed by atoms with Crippen LogP contribution in [0.5, 0.6) is 0 Å². The summed E-state index contributed by atoms with van der Waals surface area (Å²) in [5.41, 5.74) is 1.76. The third kappa shape index (κ3) is 3.08. The summed E-state index contributed by atoms with van der Waals surface area (Å²) in [6.45, 7) is 6.39. The van der Waals surface area contributed by atoms with Crippen molar-refractivity contribution in [3.63, 3.8) is 0 Å². The lowest BCUT2D eigenvalue weighted by Gasteiger charge is -2.14. The Morgan fingerprint density at radius 1 is 1.35 bits per heavy atom. The highest BCUT2D eigenvalue weighted by molar-refractivity contribution is 7.09. The van der Waals surface area contributed by atoms with Gasteiger partial charge in [-0.25, -0.2) is 4.98 Å². The third-order valence-electron chi connectivity index (χ3n) is 2.41. The summed E-state index contributed by atoms with van der Waals surface area (Å²) in [6.07, 6.45) is -0.0979. The minimum Gasteiger partial charge on any atom is -0.386 e. The first-order valence-electron chi connectivity index (χ1n) is 5.36. The SMILES string of the molecule is CC(C)(C)c1csc(CC(O)c2csnn2)n1. The van der Waals surface area contributed by atoms with E-state index in [2.05, 4.69) is 40.7 Å². The van der Waals surface area contributed by atoms with Crippen LogP contribution in [0, 0.1) is 0 Å². The van der Waals surface area contributed by atoms with Gasteiger partial charge < -0.3 is 5.11 Å². The molecule has 0 aliphatic carbocycles. The molecule has 2 aromatic heterocycles. The van der Waals surface area contributed by atoms with Crippen molar-refractivity contribution >= 4 is 22.9 Å². The third-order valence-corrected chi connectivity index (χ3v) is 3.80. The lowest BCUT2D eigenvalue weighted by atomic mass is 9.93. The van der Waals surface area contributed by atoms with E-state index >= 15 is 0 Å². The van der Waals surface area contributed by atoms with E-state index in [1.807, 2.05) is 0 Å². The molecule has 4 nitrogen and oxygen atoms in total. The second kappa shape index (κ2) is 4.80. The van der Waals surface area contributed by atoms with E-state index in [1.165, 1.54) is 11.5 Å². The van der Waals surface area contributed by atoms with Crippen molar-refractivity contribution in [3.8, 4) is 0 Å². The van der Waals surface area contributed by atoms with Crippen molar-refractivity contribution in [3.05, 3.63) is 27.2 Å². The quantitative estimate of drug-likeness (QED) is 0.930. The predicted molar refractivity (Wildman–Crippen MR) is 69.4 cm³/mol. The Kier molecular flexibility index (Phi) is 3.56. The van der Waals surface area contributed by atoms with Gasteiger partial charge in [-0.05, 0) is 11.5 Å². The molecule has 0 saturated heterocycles. The van der Waals surface area contributed by atoms with E-state index in [4.69, 9.17) is 0 Å². The van der Waals surface area contributed by atoms with Crippen LogP contribution in [0.4, 0.5) is 0 Å². The topological polar surface area (TPSA) is 58.9 Å². The van der Waals surface area contributed by atoms with Crippen LogP contribution in [0.15, 0.2) is 10.8 Å². The predicted octanol–water partition coefficient (Wildman–Crippen LogP) is 2.57. The first kappa shape index (κ1) is 12.6. The number of nitrogens with zero attached hydrogens (tertiary/aromatic N) is 3. The number of hydrogen-bond acceptors (Lipinski definition) is 6.